The smallest absolute Gasteiger partial charge is 0.309 e. The molecule has 0 aromatic carbocycles. The average Bonchev–Trinajstić information content (AvgIpc) is 2.41. The van der Waals surface area contributed by atoms with Crippen molar-refractivity contribution < 1.29 is 9.53 Å². The minimum absolute atomic E-state index is 0.0229. The second-order valence-corrected chi connectivity index (χ2v) is 3.36. The number of carbonyl (C=O) groups excluding carboxylic acids is 1. The minimum Gasteiger partial charge on any atom is -0.462 e. The zero-order valence-corrected chi connectivity index (χ0v) is 6.17. The van der Waals surface area contributed by atoms with Gasteiger partial charge in [-0.3, -0.25) is 4.79 Å². The number of carbonyl (C=O) groups is 1. The fourth-order valence-corrected chi connectivity index (χ4v) is 2.10. The van der Waals surface area contributed by atoms with Gasteiger partial charge >= 0.3 is 5.97 Å². The number of rotatable bonds is 0. The van der Waals surface area contributed by atoms with Gasteiger partial charge in [-0.15, -0.1) is 0 Å². The molecule has 0 bridgehead atoms. The summed E-state index contributed by atoms with van der Waals surface area (Å²) in [6.07, 6.45) is 3.81. The molecule has 0 aromatic rings. The minimum atomic E-state index is 0.0229. The molecule has 2 heteroatoms. The van der Waals surface area contributed by atoms with E-state index < -0.39 is 0 Å². The first-order valence-corrected chi connectivity index (χ1v) is 3.99. The van der Waals surface area contributed by atoms with Crippen LogP contribution in [0.4, 0.5) is 0 Å². The number of ether oxygens (including phenoxy) is 1. The summed E-state index contributed by atoms with van der Waals surface area (Å²) in [6, 6.07) is 0. The lowest BCUT2D eigenvalue weighted by atomic mass is 9.94. The van der Waals surface area contributed by atoms with E-state index in [4.69, 9.17) is 4.74 Å². The number of fused-ring (bicyclic) bond motifs is 1. The SMILES string of the molecule is C[C@H]1C(=O)O[C@H]2CCC[C@H]21. The summed E-state index contributed by atoms with van der Waals surface area (Å²) in [4.78, 5) is 11.0. The van der Waals surface area contributed by atoms with Crippen LogP contribution in [0.2, 0.25) is 0 Å². The Morgan fingerprint density at radius 3 is 3.00 bits per heavy atom. The average molecular weight is 140 g/mol. The van der Waals surface area contributed by atoms with Crippen LogP contribution in [-0.2, 0) is 9.53 Å². The van der Waals surface area contributed by atoms with Gasteiger partial charge in [-0.25, -0.2) is 0 Å². The van der Waals surface area contributed by atoms with Crippen molar-refractivity contribution in [3.63, 3.8) is 0 Å². The van der Waals surface area contributed by atoms with Gasteiger partial charge in [0.05, 0.1) is 5.92 Å². The van der Waals surface area contributed by atoms with E-state index in [-0.39, 0.29) is 18.0 Å². The van der Waals surface area contributed by atoms with Crippen molar-refractivity contribution in [2.75, 3.05) is 0 Å². The molecule has 1 heterocycles. The van der Waals surface area contributed by atoms with E-state index in [1.165, 1.54) is 12.8 Å². The highest BCUT2D eigenvalue weighted by Crippen LogP contribution is 2.39. The van der Waals surface area contributed by atoms with Crippen LogP contribution >= 0.6 is 0 Å². The van der Waals surface area contributed by atoms with Crippen LogP contribution in [0.3, 0.4) is 0 Å². The van der Waals surface area contributed by atoms with Gasteiger partial charge in [0, 0.05) is 5.92 Å². The lowest BCUT2D eigenvalue weighted by Crippen LogP contribution is -2.11. The second kappa shape index (κ2) is 1.97. The largest absolute Gasteiger partial charge is 0.462 e. The molecule has 3 atom stereocenters. The molecule has 0 amide bonds. The Balaban J connectivity index is 2.16. The maximum atomic E-state index is 11.0. The molecular formula is C8H12O2. The topological polar surface area (TPSA) is 26.3 Å². The van der Waals surface area contributed by atoms with Crippen molar-refractivity contribution in [1.82, 2.24) is 0 Å². The molecule has 0 aromatic heterocycles. The maximum absolute atomic E-state index is 11.0. The summed E-state index contributed by atoms with van der Waals surface area (Å²) < 4.78 is 5.16. The molecule has 56 valence electrons. The van der Waals surface area contributed by atoms with Crippen LogP contribution in [0, 0.1) is 11.8 Å². The maximum Gasteiger partial charge on any atom is 0.309 e. The van der Waals surface area contributed by atoms with Crippen LogP contribution in [0.15, 0.2) is 0 Å². The van der Waals surface area contributed by atoms with E-state index in [1.807, 2.05) is 6.92 Å². The van der Waals surface area contributed by atoms with Crippen LogP contribution < -0.4 is 0 Å². The third-order valence-corrected chi connectivity index (χ3v) is 2.79. The van der Waals surface area contributed by atoms with E-state index >= 15 is 0 Å². The first kappa shape index (κ1) is 6.20. The zero-order chi connectivity index (χ0) is 7.14. The molecule has 2 nitrogen and oxygen atoms in total. The molecule has 1 saturated carbocycles. The lowest BCUT2D eigenvalue weighted by molar-refractivity contribution is -0.144. The summed E-state index contributed by atoms with van der Waals surface area (Å²) in [5.74, 6) is 0.745. The van der Waals surface area contributed by atoms with E-state index in [0.717, 1.165) is 6.42 Å². The molecule has 0 unspecified atom stereocenters. The van der Waals surface area contributed by atoms with Crippen LogP contribution in [0.25, 0.3) is 0 Å². The van der Waals surface area contributed by atoms with Crippen LogP contribution in [0.1, 0.15) is 26.2 Å². The first-order chi connectivity index (χ1) is 4.79. The Morgan fingerprint density at radius 1 is 1.50 bits per heavy atom. The molecule has 10 heavy (non-hydrogen) atoms. The first-order valence-electron chi connectivity index (χ1n) is 3.99. The van der Waals surface area contributed by atoms with Gasteiger partial charge in [0.2, 0.25) is 0 Å². The van der Waals surface area contributed by atoms with E-state index in [2.05, 4.69) is 0 Å². The van der Waals surface area contributed by atoms with Gasteiger partial charge in [-0.05, 0) is 19.3 Å². The predicted octanol–water partition coefficient (Wildman–Crippen LogP) is 1.35. The van der Waals surface area contributed by atoms with Gasteiger partial charge in [0.15, 0.2) is 0 Å². The number of hydrogen-bond acceptors (Lipinski definition) is 2. The fraction of sp³-hybridized carbons (Fsp3) is 0.875. The van der Waals surface area contributed by atoms with Crippen molar-refractivity contribution in [3.8, 4) is 0 Å². The normalized spacial score (nSPS) is 45.3. The predicted molar refractivity (Wildman–Crippen MR) is 36.4 cm³/mol. The highest BCUT2D eigenvalue weighted by Gasteiger charge is 2.44. The molecule has 0 radical (unpaired) electrons. The summed E-state index contributed by atoms with van der Waals surface area (Å²) in [6.45, 7) is 1.98. The standard InChI is InChI=1S/C8H12O2/c1-5-6-3-2-4-7(6)10-8(5)9/h5-7H,2-4H2,1H3/t5-,6+,7+/m1/s1. The molecular weight excluding hydrogens is 128 g/mol. The molecule has 2 fully saturated rings. The van der Waals surface area contributed by atoms with Gasteiger partial charge in [0.25, 0.3) is 0 Å². The Kier molecular flexibility index (Phi) is 1.22. The number of hydrogen-bond donors (Lipinski definition) is 0. The Hall–Kier alpha value is -0.530. The van der Waals surface area contributed by atoms with Gasteiger partial charge < -0.3 is 4.74 Å². The fourth-order valence-electron chi connectivity index (χ4n) is 2.10. The van der Waals surface area contributed by atoms with Gasteiger partial charge in [-0.1, -0.05) is 6.92 Å². The Bertz CT molecular complexity index is 165. The second-order valence-electron chi connectivity index (χ2n) is 3.36. The summed E-state index contributed by atoms with van der Waals surface area (Å²) in [7, 11) is 0. The molecule has 1 aliphatic heterocycles. The molecule has 0 N–H and O–H groups in total. The summed E-state index contributed by atoms with van der Waals surface area (Å²) in [5, 5.41) is 0. The van der Waals surface area contributed by atoms with E-state index in [0.29, 0.717) is 5.92 Å². The Labute approximate surface area is 60.6 Å². The molecule has 0 spiro atoms. The molecule has 2 aliphatic rings. The third kappa shape index (κ3) is 0.678. The van der Waals surface area contributed by atoms with E-state index in [9.17, 15) is 4.79 Å². The summed E-state index contributed by atoms with van der Waals surface area (Å²) >= 11 is 0. The quantitative estimate of drug-likeness (QED) is 0.475. The van der Waals surface area contributed by atoms with Crippen molar-refractivity contribution in [2.45, 2.75) is 32.3 Å². The van der Waals surface area contributed by atoms with Crippen LogP contribution in [-0.4, -0.2) is 12.1 Å². The van der Waals surface area contributed by atoms with Crippen molar-refractivity contribution in [1.29, 1.82) is 0 Å². The van der Waals surface area contributed by atoms with Gasteiger partial charge in [0.1, 0.15) is 6.10 Å². The zero-order valence-electron chi connectivity index (χ0n) is 6.17. The van der Waals surface area contributed by atoms with Crippen LogP contribution in [0.5, 0.6) is 0 Å². The summed E-state index contributed by atoms with van der Waals surface area (Å²) in [5.41, 5.74) is 0. The highest BCUT2D eigenvalue weighted by atomic mass is 16.6. The molecule has 2 rings (SSSR count). The van der Waals surface area contributed by atoms with Crippen molar-refractivity contribution in [2.24, 2.45) is 11.8 Å². The lowest BCUT2D eigenvalue weighted by Gasteiger charge is -2.06. The van der Waals surface area contributed by atoms with Crippen molar-refractivity contribution in [3.05, 3.63) is 0 Å². The van der Waals surface area contributed by atoms with E-state index in [1.54, 1.807) is 0 Å². The highest BCUT2D eigenvalue weighted by molar-refractivity contribution is 5.74. The Morgan fingerprint density at radius 2 is 2.30 bits per heavy atom. The monoisotopic (exact) mass is 140 g/mol. The molecule has 1 aliphatic carbocycles. The molecule has 1 saturated heterocycles. The number of esters is 1. The van der Waals surface area contributed by atoms with Gasteiger partial charge in [-0.2, -0.15) is 0 Å². The van der Waals surface area contributed by atoms with Crippen molar-refractivity contribution >= 4 is 5.97 Å². The third-order valence-electron chi connectivity index (χ3n) is 2.79.